The number of fused-ring (bicyclic) bond motifs is 1. The third-order valence-electron chi connectivity index (χ3n) is 6.57. The van der Waals surface area contributed by atoms with Crippen molar-refractivity contribution in [3.05, 3.63) is 125 Å². The fourth-order valence-corrected chi connectivity index (χ4v) is 5.73. The van der Waals surface area contributed by atoms with Gasteiger partial charge in [-0.05, 0) is 64.2 Å². The van der Waals surface area contributed by atoms with Crippen LogP contribution in [0.3, 0.4) is 0 Å². The van der Waals surface area contributed by atoms with Crippen LogP contribution in [0.4, 0.5) is 4.39 Å². The number of carbonyl (C=O) groups is 1. The van der Waals surface area contributed by atoms with Gasteiger partial charge in [0.25, 0.3) is 10.0 Å². The molecule has 0 aliphatic rings. The minimum Gasteiger partial charge on any atom is -0.493 e. The van der Waals surface area contributed by atoms with Crippen molar-refractivity contribution >= 4 is 38.3 Å². The second-order valence-corrected chi connectivity index (χ2v) is 11.6. The van der Waals surface area contributed by atoms with Crippen LogP contribution in [0.1, 0.15) is 23.1 Å². The van der Waals surface area contributed by atoms with Gasteiger partial charge in [-0.25, -0.2) is 17.5 Å². The zero-order chi connectivity index (χ0) is 28.8. The highest BCUT2D eigenvalue weighted by molar-refractivity contribution is 7.90. The predicted octanol–water partition coefficient (Wildman–Crippen LogP) is 5.94. The van der Waals surface area contributed by atoms with E-state index >= 15 is 0 Å². The SMILES string of the molecule is O=C(CCc1ccc(Cn2cccn2)cc1OCCc1ccc2ccccc2c1)NS(=O)(=O)c1ccc(F)c(Cl)c1. The van der Waals surface area contributed by atoms with Gasteiger partial charge in [0.15, 0.2) is 0 Å². The molecule has 0 bridgehead atoms. The summed E-state index contributed by atoms with van der Waals surface area (Å²) in [7, 11) is -4.20. The molecule has 0 saturated carbocycles. The van der Waals surface area contributed by atoms with Crippen LogP contribution in [0.2, 0.25) is 5.02 Å². The molecule has 0 saturated heterocycles. The largest absolute Gasteiger partial charge is 0.493 e. The van der Waals surface area contributed by atoms with Gasteiger partial charge in [0.1, 0.15) is 11.6 Å². The van der Waals surface area contributed by atoms with E-state index in [1.165, 1.54) is 5.39 Å². The average Bonchev–Trinajstić information content (AvgIpc) is 3.47. The first-order chi connectivity index (χ1) is 19.8. The molecule has 1 heterocycles. The number of ether oxygens (including phenoxy) is 1. The molecule has 210 valence electrons. The molecule has 0 unspecified atom stereocenters. The van der Waals surface area contributed by atoms with Crippen molar-refractivity contribution in [2.75, 3.05) is 6.61 Å². The summed E-state index contributed by atoms with van der Waals surface area (Å²) < 4.78 is 48.7. The summed E-state index contributed by atoms with van der Waals surface area (Å²) in [5.41, 5.74) is 2.88. The number of hydrogen-bond acceptors (Lipinski definition) is 5. The van der Waals surface area contributed by atoms with E-state index in [1.807, 2.05) is 47.3 Å². The summed E-state index contributed by atoms with van der Waals surface area (Å²) in [6, 6.07) is 25.0. The monoisotopic (exact) mass is 591 g/mol. The number of nitrogens with zero attached hydrogens (tertiary/aromatic N) is 2. The fraction of sp³-hybridized carbons (Fsp3) is 0.161. The third kappa shape index (κ3) is 7.31. The summed E-state index contributed by atoms with van der Waals surface area (Å²) in [5.74, 6) is -0.828. The summed E-state index contributed by atoms with van der Waals surface area (Å²) >= 11 is 5.71. The molecule has 41 heavy (non-hydrogen) atoms. The van der Waals surface area contributed by atoms with Crippen molar-refractivity contribution in [1.82, 2.24) is 14.5 Å². The molecule has 0 aliphatic heterocycles. The number of aromatic nitrogens is 2. The maximum absolute atomic E-state index is 13.4. The molecule has 1 N–H and O–H groups in total. The van der Waals surface area contributed by atoms with Crippen LogP contribution in [-0.4, -0.2) is 30.7 Å². The van der Waals surface area contributed by atoms with E-state index in [2.05, 4.69) is 35.4 Å². The van der Waals surface area contributed by atoms with Crippen molar-refractivity contribution < 1.29 is 22.3 Å². The Hall–Kier alpha value is -4.21. The van der Waals surface area contributed by atoms with E-state index in [-0.39, 0.29) is 22.8 Å². The standard InChI is InChI=1S/C31H27ClFN3O4S/c32-28-20-27(11-12-29(28)33)41(38,39)35-31(37)13-10-25-9-7-23(21-36-16-3-15-34-36)19-30(25)40-17-14-22-6-8-24-4-1-2-5-26(24)18-22/h1-9,11-12,15-16,18-20H,10,13-14,17,21H2,(H,35,37). The van der Waals surface area contributed by atoms with Gasteiger partial charge in [0, 0.05) is 25.2 Å². The van der Waals surface area contributed by atoms with E-state index in [0.717, 1.165) is 40.3 Å². The zero-order valence-corrected chi connectivity index (χ0v) is 23.5. The Balaban J connectivity index is 1.27. The first kappa shape index (κ1) is 28.3. The second-order valence-electron chi connectivity index (χ2n) is 9.53. The smallest absolute Gasteiger partial charge is 0.264 e. The van der Waals surface area contributed by atoms with Crippen molar-refractivity contribution in [2.45, 2.75) is 30.7 Å². The topological polar surface area (TPSA) is 90.3 Å². The van der Waals surface area contributed by atoms with E-state index in [4.69, 9.17) is 16.3 Å². The molecule has 0 fully saturated rings. The number of nitrogens with one attached hydrogen (secondary N) is 1. The normalized spacial score (nSPS) is 11.5. The van der Waals surface area contributed by atoms with Gasteiger partial charge in [0.05, 0.1) is 23.1 Å². The molecular weight excluding hydrogens is 565 g/mol. The van der Waals surface area contributed by atoms with Crippen LogP contribution in [-0.2, 0) is 34.2 Å². The van der Waals surface area contributed by atoms with Gasteiger partial charge in [-0.1, -0.05) is 66.2 Å². The molecule has 10 heteroatoms. The van der Waals surface area contributed by atoms with Crippen LogP contribution in [0.25, 0.3) is 10.8 Å². The lowest BCUT2D eigenvalue weighted by atomic mass is 10.0. The van der Waals surface area contributed by atoms with Crippen LogP contribution < -0.4 is 9.46 Å². The Morgan fingerprint density at radius 1 is 0.927 bits per heavy atom. The first-order valence-corrected chi connectivity index (χ1v) is 14.8. The van der Waals surface area contributed by atoms with Crippen LogP contribution in [0.5, 0.6) is 5.75 Å². The van der Waals surface area contributed by atoms with Gasteiger partial charge < -0.3 is 4.74 Å². The van der Waals surface area contributed by atoms with Gasteiger partial charge in [0.2, 0.25) is 5.91 Å². The lowest BCUT2D eigenvalue weighted by Gasteiger charge is -2.14. The molecule has 0 aliphatic carbocycles. The van der Waals surface area contributed by atoms with Crippen molar-refractivity contribution in [3.8, 4) is 5.75 Å². The zero-order valence-electron chi connectivity index (χ0n) is 22.0. The molecular formula is C31H27ClFN3O4S. The summed E-state index contributed by atoms with van der Waals surface area (Å²) in [5, 5.41) is 6.25. The van der Waals surface area contributed by atoms with Gasteiger partial charge >= 0.3 is 0 Å². The van der Waals surface area contributed by atoms with Gasteiger partial charge in [-0.15, -0.1) is 0 Å². The summed E-state index contributed by atoms with van der Waals surface area (Å²) in [6.45, 7) is 0.968. The summed E-state index contributed by atoms with van der Waals surface area (Å²) in [4.78, 5) is 12.3. The Labute approximate surface area is 242 Å². The Kier molecular flexibility index (Phi) is 8.66. The predicted molar refractivity (Wildman–Crippen MR) is 156 cm³/mol. The number of hydrogen-bond donors (Lipinski definition) is 1. The number of aryl methyl sites for hydroxylation is 1. The van der Waals surface area contributed by atoms with E-state index < -0.39 is 21.7 Å². The minimum atomic E-state index is -4.20. The Morgan fingerprint density at radius 3 is 2.51 bits per heavy atom. The van der Waals surface area contributed by atoms with Gasteiger partial charge in [-0.3, -0.25) is 9.48 Å². The van der Waals surface area contributed by atoms with Crippen molar-refractivity contribution in [1.29, 1.82) is 0 Å². The molecule has 0 atom stereocenters. The second kappa shape index (κ2) is 12.5. The minimum absolute atomic E-state index is 0.103. The van der Waals surface area contributed by atoms with Crippen LogP contribution in [0, 0.1) is 5.82 Å². The Bertz CT molecular complexity index is 1790. The first-order valence-electron chi connectivity index (χ1n) is 13.0. The molecule has 0 spiro atoms. The Morgan fingerprint density at radius 2 is 1.73 bits per heavy atom. The molecule has 0 radical (unpaired) electrons. The third-order valence-corrected chi connectivity index (χ3v) is 8.23. The molecule has 5 rings (SSSR count). The van der Waals surface area contributed by atoms with Crippen molar-refractivity contribution in [2.24, 2.45) is 0 Å². The fourth-order valence-electron chi connectivity index (χ4n) is 4.44. The number of carbonyl (C=O) groups excluding carboxylic acids is 1. The van der Waals surface area contributed by atoms with E-state index in [1.54, 1.807) is 10.9 Å². The number of amides is 1. The molecule has 1 aromatic heterocycles. The number of benzene rings is 4. The quantitative estimate of drug-likeness (QED) is 0.205. The average molecular weight is 592 g/mol. The number of sulfonamides is 1. The van der Waals surface area contributed by atoms with Crippen molar-refractivity contribution in [3.63, 3.8) is 0 Å². The lowest BCUT2D eigenvalue weighted by Crippen LogP contribution is -2.30. The van der Waals surface area contributed by atoms with Crippen LogP contribution in [0.15, 0.2) is 102 Å². The summed E-state index contributed by atoms with van der Waals surface area (Å²) in [6.07, 6.45) is 4.41. The maximum Gasteiger partial charge on any atom is 0.264 e. The van der Waals surface area contributed by atoms with Crippen LogP contribution >= 0.6 is 11.6 Å². The maximum atomic E-state index is 13.4. The highest BCUT2D eigenvalue weighted by atomic mass is 35.5. The molecule has 7 nitrogen and oxygen atoms in total. The van der Waals surface area contributed by atoms with E-state index in [0.29, 0.717) is 25.3 Å². The van der Waals surface area contributed by atoms with E-state index in [9.17, 15) is 17.6 Å². The number of rotatable bonds is 11. The molecule has 4 aromatic carbocycles. The molecule has 5 aromatic rings. The molecule has 1 amide bonds. The highest BCUT2D eigenvalue weighted by Crippen LogP contribution is 2.24. The lowest BCUT2D eigenvalue weighted by molar-refractivity contribution is -0.119. The van der Waals surface area contributed by atoms with Gasteiger partial charge in [-0.2, -0.15) is 5.10 Å². The number of halogens is 2. The highest BCUT2D eigenvalue weighted by Gasteiger charge is 2.19.